The molecule has 0 aliphatic heterocycles. The fraction of sp³-hybridized carbons (Fsp3) is 0. The second-order valence-corrected chi connectivity index (χ2v) is 21.1. The van der Waals surface area contributed by atoms with E-state index in [2.05, 4.69) is 153 Å². The summed E-state index contributed by atoms with van der Waals surface area (Å²) in [4.78, 5) is 28.6. The quantitative estimate of drug-likeness (QED) is 0.0858. The predicted octanol–water partition coefficient (Wildman–Crippen LogP) is 21.1. The molecule has 0 saturated carbocycles. The molecule has 0 fully saturated rings. The van der Waals surface area contributed by atoms with E-state index in [1.807, 2.05) is 146 Å². The predicted molar refractivity (Wildman–Crippen MR) is 351 cm³/mol. The van der Waals surface area contributed by atoms with Gasteiger partial charge in [0.05, 0.1) is 22.7 Å². The molecule has 88 heavy (non-hydrogen) atoms. The van der Waals surface area contributed by atoms with Crippen LogP contribution >= 0.6 is 0 Å². The minimum atomic E-state index is 0.527. The molecule has 0 spiro atoms. The van der Waals surface area contributed by atoms with E-state index in [1.54, 1.807) is 0 Å². The molecule has 0 aliphatic rings. The number of nitrogens with zero attached hydrogens (tertiary/aromatic N) is 8. The lowest BCUT2D eigenvalue weighted by atomic mass is 9.89. The van der Waals surface area contributed by atoms with E-state index in [0.717, 1.165) is 100 Å². The highest BCUT2D eigenvalue weighted by atomic mass is 16.4. The first kappa shape index (κ1) is 51.4. The molecule has 16 rings (SSSR count). The van der Waals surface area contributed by atoms with Crippen LogP contribution in [0.2, 0.25) is 0 Å². The third-order valence-corrected chi connectivity index (χ3v) is 16.0. The van der Waals surface area contributed by atoms with Crippen molar-refractivity contribution in [1.82, 2.24) is 19.9 Å². The van der Waals surface area contributed by atoms with Crippen LogP contribution in [0.15, 0.2) is 322 Å². The number of anilines is 12. The first-order valence-corrected chi connectivity index (χ1v) is 28.9. The monoisotopic (exact) mass is 1140 g/mol. The summed E-state index contributed by atoms with van der Waals surface area (Å²) in [7, 11) is 0. The zero-order chi connectivity index (χ0) is 58.3. The van der Waals surface area contributed by atoms with E-state index in [4.69, 9.17) is 37.6 Å². The molecule has 12 heteroatoms. The van der Waals surface area contributed by atoms with Crippen LogP contribution in [0.4, 0.5) is 69.0 Å². The SMILES string of the molecule is c1ccc(-c2ncoc2N(c2ccccc2)c2cc(N(c3ccccc3)c3ocnc3-c3ccccc3)c3ccc4c(N(c5ccccc5)c5ocnc5-c5ccccc5)cc(N(c5ccccc5)c5ocnc5-c5ccccc5)c5ccc2c3c54)cc1. The van der Waals surface area contributed by atoms with Crippen LogP contribution in [0.5, 0.6) is 0 Å². The number of benzene rings is 12. The van der Waals surface area contributed by atoms with Crippen molar-refractivity contribution in [2.45, 2.75) is 0 Å². The zero-order valence-electron chi connectivity index (χ0n) is 47.1. The van der Waals surface area contributed by atoms with Crippen LogP contribution in [-0.4, -0.2) is 19.9 Å². The third-order valence-electron chi connectivity index (χ3n) is 16.0. The Labute approximate surface area is 505 Å². The summed E-state index contributed by atoms with van der Waals surface area (Å²) in [5, 5.41) is 5.55. The van der Waals surface area contributed by atoms with Gasteiger partial charge in [-0.25, -0.2) is 19.9 Å². The minimum absolute atomic E-state index is 0.527. The normalized spacial score (nSPS) is 11.4. The summed E-state index contributed by atoms with van der Waals surface area (Å²) in [6, 6.07) is 95.3. The maximum Gasteiger partial charge on any atom is 0.233 e. The van der Waals surface area contributed by atoms with Gasteiger partial charge in [0.25, 0.3) is 0 Å². The topological polar surface area (TPSA) is 117 Å². The lowest BCUT2D eigenvalue weighted by Gasteiger charge is -2.32. The van der Waals surface area contributed by atoms with Gasteiger partial charge >= 0.3 is 0 Å². The van der Waals surface area contributed by atoms with Crippen LogP contribution in [0, 0.1) is 0 Å². The van der Waals surface area contributed by atoms with E-state index in [9.17, 15) is 0 Å². The van der Waals surface area contributed by atoms with Crippen molar-refractivity contribution in [2.75, 3.05) is 19.6 Å². The molecule has 0 aliphatic carbocycles. The summed E-state index contributed by atoms with van der Waals surface area (Å²) in [5.74, 6) is 2.11. The molecule has 0 atom stereocenters. The summed E-state index contributed by atoms with van der Waals surface area (Å²) in [6.45, 7) is 0. The Hall–Kier alpha value is -12.3. The van der Waals surface area contributed by atoms with Crippen LogP contribution in [-0.2, 0) is 0 Å². The van der Waals surface area contributed by atoms with Gasteiger partial charge in [-0.3, -0.25) is 19.6 Å². The molecule has 0 radical (unpaired) electrons. The van der Waals surface area contributed by atoms with Crippen molar-refractivity contribution in [3.63, 3.8) is 0 Å². The lowest BCUT2D eigenvalue weighted by molar-refractivity contribution is 0.563. The summed E-state index contributed by atoms with van der Waals surface area (Å²) < 4.78 is 26.9. The number of para-hydroxylation sites is 4. The van der Waals surface area contributed by atoms with Gasteiger partial charge in [-0.1, -0.05) is 218 Å². The Balaban J connectivity index is 1.09. The number of rotatable bonds is 16. The summed E-state index contributed by atoms with van der Waals surface area (Å²) in [5.41, 5.74) is 12.8. The van der Waals surface area contributed by atoms with Gasteiger partial charge in [0.2, 0.25) is 23.5 Å². The first-order chi connectivity index (χ1) is 43.7. The summed E-state index contributed by atoms with van der Waals surface area (Å²) in [6.07, 6.45) is 6.10. The average molecular weight is 1140 g/mol. The highest BCUT2D eigenvalue weighted by Crippen LogP contribution is 2.57. The van der Waals surface area contributed by atoms with Crippen molar-refractivity contribution in [2.24, 2.45) is 0 Å². The van der Waals surface area contributed by atoms with Crippen molar-refractivity contribution >= 4 is 101 Å². The second-order valence-electron chi connectivity index (χ2n) is 21.1. The largest absolute Gasteiger partial charge is 0.426 e. The Morgan fingerprint density at radius 2 is 0.409 bits per heavy atom. The van der Waals surface area contributed by atoms with Crippen molar-refractivity contribution < 1.29 is 17.7 Å². The average Bonchev–Trinajstić information content (AvgIpc) is 0.885. The third kappa shape index (κ3) is 8.86. The van der Waals surface area contributed by atoms with Crippen LogP contribution in [0.3, 0.4) is 0 Å². The Bertz CT molecular complexity index is 4410. The van der Waals surface area contributed by atoms with E-state index in [-0.39, 0.29) is 0 Å². The number of hydrogen-bond acceptors (Lipinski definition) is 12. The Morgan fingerprint density at radius 1 is 0.216 bits per heavy atom. The molecule has 0 saturated heterocycles. The molecule has 16 aromatic rings. The van der Waals surface area contributed by atoms with Gasteiger partial charge in [-0.15, -0.1) is 0 Å². The van der Waals surface area contributed by atoms with Gasteiger partial charge < -0.3 is 17.7 Å². The highest BCUT2D eigenvalue weighted by molar-refractivity contribution is 6.33. The van der Waals surface area contributed by atoms with Crippen molar-refractivity contribution in [1.29, 1.82) is 0 Å². The van der Waals surface area contributed by atoms with Gasteiger partial charge in [0, 0.05) is 77.3 Å². The molecule has 0 N–H and O–H groups in total. The van der Waals surface area contributed by atoms with E-state index >= 15 is 0 Å². The van der Waals surface area contributed by atoms with Gasteiger partial charge in [0.15, 0.2) is 25.6 Å². The lowest BCUT2D eigenvalue weighted by Crippen LogP contribution is -2.16. The van der Waals surface area contributed by atoms with E-state index in [1.165, 1.54) is 25.6 Å². The van der Waals surface area contributed by atoms with Crippen LogP contribution in [0.25, 0.3) is 77.3 Å². The smallest absolute Gasteiger partial charge is 0.233 e. The van der Waals surface area contributed by atoms with E-state index in [0.29, 0.717) is 46.3 Å². The minimum Gasteiger partial charge on any atom is -0.426 e. The summed E-state index contributed by atoms with van der Waals surface area (Å²) >= 11 is 0. The van der Waals surface area contributed by atoms with Crippen LogP contribution in [0.1, 0.15) is 0 Å². The fourth-order valence-corrected chi connectivity index (χ4v) is 12.2. The second kappa shape index (κ2) is 22.0. The Kier molecular flexibility index (Phi) is 12.9. The van der Waals surface area contributed by atoms with Crippen LogP contribution < -0.4 is 19.6 Å². The van der Waals surface area contributed by atoms with E-state index < -0.39 is 0 Å². The number of hydrogen-bond donors (Lipinski definition) is 0. The highest BCUT2D eigenvalue weighted by Gasteiger charge is 2.34. The molecule has 12 nitrogen and oxygen atoms in total. The molecule has 4 aromatic heterocycles. The van der Waals surface area contributed by atoms with Crippen molar-refractivity contribution in [3.05, 3.63) is 305 Å². The number of aromatic nitrogens is 4. The van der Waals surface area contributed by atoms with Crippen molar-refractivity contribution in [3.8, 4) is 45.0 Å². The molecule has 0 bridgehead atoms. The van der Waals surface area contributed by atoms with Gasteiger partial charge in [-0.05, 0) is 60.7 Å². The molecule has 12 aromatic carbocycles. The van der Waals surface area contributed by atoms with Gasteiger partial charge in [-0.2, -0.15) is 0 Å². The molecular formula is C76H50N8O4. The maximum absolute atomic E-state index is 6.72. The molecular weight excluding hydrogens is 1090 g/mol. The molecule has 0 unspecified atom stereocenters. The maximum atomic E-state index is 6.72. The molecule has 4 heterocycles. The first-order valence-electron chi connectivity index (χ1n) is 28.9. The standard InChI is InChI=1S/C76H50N8O4/c1-9-25-51(26-10-1)69-73(85-47-77-69)81(55-33-17-5-18-34-55)63-45-64(82(56-35-19-6-20-36-56)74-70(78-48-86-74)52-27-11-2-12-28-52)60-43-44-62-66(84(58-39-23-8-24-40-58)76-72(80-50-88-76)54-31-15-4-16-32-54)46-65(61-42-41-59(63)67(60)68(61)62)83(57-37-21-7-22-38-57)75-71(79-49-87-75)53-29-13-3-14-30-53/h1-50H. The fourth-order valence-electron chi connectivity index (χ4n) is 12.2. The Morgan fingerprint density at radius 3 is 0.614 bits per heavy atom. The zero-order valence-corrected chi connectivity index (χ0v) is 47.1. The van der Waals surface area contributed by atoms with Gasteiger partial charge in [0.1, 0.15) is 22.8 Å². The molecule has 0 amide bonds. The number of oxazole rings is 4. The molecule has 418 valence electrons.